The maximum absolute atomic E-state index is 10.4. The minimum Gasteiger partial charge on any atom is -0.545 e. The van der Waals surface area contributed by atoms with Gasteiger partial charge in [-0.15, -0.1) is 0 Å². The number of benzene rings is 1. The molecule has 0 unspecified atom stereocenters. The molecule has 4 N–H and O–H groups in total. The first kappa shape index (κ1) is 10.4. The highest BCUT2D eigenvalue weighted by molar-refractivity contribution is 5.89. The van der Waals surface area contributed by atoms with E-state index in [0.717, 1.165) is 0 Å². The molecule has 0 amide bonds. The number of aromatic carboxylic acids is 1. The van der Waals surface area contributed by atoms with Crippen LogP contribution >= 0.6 is 0 Å². The Kier molecular flexibility index (Phi) is 3.79. The number of methoxy groups -OCH3 is 1. The van der Waals surface area contributed by atoms with E-state index in [1.165, 1.54) is 13.2 Å². The second-order valence-corrected chi connectivity index (χ2v) is 1.99. The average Bonchev–Trinajstić information content (AvgIpc) is 2.04. The number of ether oxygens (including phenoxy) is 1. The van der Waals surface area contributed by atoms with Crippen LogP contribution in [0.5, 0.6) is 5.75 Å². The molecule has 0 saturated heterocycles. The maximum atomic E-state index is 10.4. The van der Waals surface area contributed by atoms with Gasteiger partial charge in [0.15, 0.2) is 0 Å². The Bertz CT molecular complexity index is 273. The predicted molar refractivity (Wildman–Crippen MR) is 43.3 cm³/mol. The normalized spacial score (nSPS) is 8.42. The fourth-order valence-electron chi connectivity index (χ4n) is 0.813. The van der Waals surface area contributed by atoms with Gasteiger partial charge in [0.2, 0.25) is 0 Å². The highest BCUT2D eigenvalue weighted by Gasteiger charge is 1.99. The second kappa shape index (κ2) is 4.35. The van der Waals surface area contributed by atoms with Crippen molar-refractivity contribution >= 4 is 5.97 Å². The molecule has 0 radical (unpaired) electrons. The summed E-state index contributed by atoms with van der Waals surface area (Å²) in [5, 5.41) is 10.4. The molecule has 4 nitrogen and oxygen atoms in total. The third-order valence-corrected chi connectivity index (χ3v) is 1.33. The summed E-state index contributed by atoms with van der Waals surface area (Å²) in [4.78, 5) is 10.4. The van der Waals surface area contributed by atoms with Gasteiger partial charge in [-0.1, -0.05) is 12.1 Å². The zero-order chi connectivity index (χ0) is 8.27. The van der Waals surface area contributed by atoms with Crippen LogP contribution in [0, 0.1) is 0 Å². The number of para-hydroxylation sites is 1. The lowest BCUT2D eigenvalue weighted by atomic mass is 10.2. The van der Waals surface area contributed by atoms with Crippen LogP contribution in [0.2, 0.25) is 0 Å². The van der Waals surface area contributed by atoms with Crippen LogP contribution in [0.4, 0.5) is 0 Å². The first-order chi connectivity index (χ1) is 5.25. The van der Waals surface area contributed by atoms with E-state index in [9.17, 15) is 9.90 Å². The Morgan fingerprint density at radius 2 is 2.00 bits per heavy atom. The van der Waals surface area contributed by atoms with Crippen molar-refractivity contribution in [2.24, 2.45) is 0 Å². The molecule has 0 aliphatic carbocycles. The zero-order valence-electron chi connectivity index (χ0n) is 7.03. The van der Waals surface area contributed by atoms with E-state index in [2.05, 4.69) is 0 Å². The van der Waals surface area contributed by atoms with Crippen molar-refractivity contribution in [3.63, 3.8) is 0 Å². The monoisotopic (exact) mass is 169 g/mol. The summed E-state index contributed by atoms with van der Waals surface area (Å²) in [5.41, 5.74) is 0.0787. The van der Waals surface area contributed by atoms with Gasteiger partial charge in [-0.05, 0) is 12.1 Å². The lowest BCUT2D eigenvalue weighted by Gasteiger charge is -2.07. The van der Waals surface area contributed by atoms with Crippen LogP contribution in [0.3, 0.4) is 0 Å². The minimum atomic E-state index is -1.22. The zero-order valence-corrected chi connectivity index (χ0v) is 7.03. The Hall–Kier alpha value is -1.55. The number of carboxylic acid groups (broad SMARTS) is 1. The van der Waals surface area contributed by atoms with Gasteiger partial charge in [0.1, 0.15) is 5.75 Å². The van der Waals surface area contributed by atoms with Gasteiger partial charge in [0, 0.05) is 5.56 Å². The molecule has 66 valence electrons. The summed E-state index contributed by atoms with van der Waals surface area (Å²) < 4.78 is 4.79. The van der Waals surface area contributed by atoms with Crippen LogP contribution in [-0.2, 0) is 0 Å². The van der Waals surface area contributed by atoms with E-state index < -0.39 is 5.97 Å². The predicted octanol–water partition coefficient (Wildman–Crippen LogP) is 0.435. The molecule has 0 fully saturated rings. The van der Waals surface area contributed by atoms with Crippen molar-refractivity contribution in [2.75, 3.05) is 7.11 Å². The molecule has 1 aromatic rings. The number of carboxylic acids is 1. The number of quaternary nitrogens is 1. The van der Waals surface area contributed by atoms with Gasteiger partial charge in [0.05, 0.1) is 13.1 Å². The van der Waals surface area contributed by atoms with Gasteiger partial charge < -0.3 is 20.8 Å². The molecule has 0 saturated carbocycles. The largest absolute Gasteiger partial charge is 0.545 e. The molecule has 0 heterocycles. The van der Waals surface area contributed by atoms with Crippen molar-refractivity contribution < 1.29 is 14.6 Å². The molecule has 0 aliphatic rings. The van der Waals surface area contributed by atoms with Crippen LogP contribution in [0.1, 0.15) is 10.4 Å². The van der Waals surface area contributed by atoms with E-state index in [0.29, 0.717) is 5.75 Å². The van der Waals surface area contributed by atoms with E-state index in [1.54, 1.807) is 18.2 Å². The van der Waals surface area contributed by atoms with Crippen molar-refractivity contribution in [3.8, 4) is 5.75 Å². The van der Waals surface area contributed by atoms with Gasteiger partial charge in [-0.3, -0.25) is 0 Å². The summed E-state index contributed by atoms with van der Waals surface area (Å²) >= 11 is 0. The van der Waals surface area contributed by atoms with Gasteiger partial charge in [0.25, 0.3) is 0 Å². The smallest absolute Gasteiger partial charge is 0.127 e. The summed E-state index contributed by atoms with van der Waals surface area (Å²) in [5.74, 6) is -0.894. The van der Waals surface area contributed by atoms with E-state index in [4.69, 9.17) is 4.74 Å². The molecule has 4 heteroatoms. The molecular formula is C8H11NO3. The van der Waals surface area contributed by atoms with Gasteiger partial charge >= 0.3 is 0 Å². The van der Waals surface area contributed by atoms with Crippen molar-refractivity contribution in [2.45, 2.75) is 0 Å². The fraction of sp³-hybridized carbons (Fsp3) is 0.125. The van der Waals surface area contributed by atoms with E-state index in [1.807, 2.05) is 0 Å². The van der Waals surface area contributed by atoms with E-state index in [-0.39, 0.29) is 11.7 Å². The van der Waals surface area contributed by atoms with Crippen molar-refractivity contribution in [3.05, 3.63) is 29.8 Å². The van der Waals surface area contributed by atoms with Crippen LogP contribution in [0.25, 0.3) is 0 Å². The standard InChI is InChI=1S/C8H8O3.H3N/c1-11-7-5-3-2-4-6(7)8(9)10;/h2-5H,1H3,(H,9,10);1H3. The SMILES string of the molecule is COc1ccccc1C(=O)[O-].[NH4+]. The molecular weight excluding hydrogens is 158 g/mol. The molecule has 12 heavy (non-hydrogen) atoms. The Morgan fingerprint density at radius 1 is 1.42 bits per heavy atom. The van der Waals surface area contributed by atoms with Crippen LogP contribution in [-0.4, -0.2) is 13.1 Å². The van der Waals surface area contributed by atoms with Crippen molar-refractivity contribution in [1.29, 1.82) is 0 Å². The number of hydrogen-bond acceptors (Lipinski definition) is 3. The molecule has 1 aromatic carbocycles. The van der Waals surface area contributed by atoms with Gasteiger partial charge in [-0.25, -0.2) is 0 Å². The number of carbonyl (C=O) groups is 1. The third kappa shape index (κ3) is 1.96. The lowest BCUT2D eigenvalue weighted by Crippen LogP contribution is -2.22. The minimum absolute atomic E-state index is 0. The first-order valence-corrected chi connectivity index (χ1v) is 3.10. The lowest BCUT2D eigenvalue weighted by molar-refractivity contribution is -0.255. The number of carbonyl (C=O) groups excluding carboxylic acids is 1. The molecule has 0 spiro atoms. The van der Waals surface area contributed by atoms with Crippen LogP contribution < -0.4 is 16.0 Å². The molecule has 0 aliphatic heterocycles. The highest BCUT2D eigenvalue weighted by Crippen LogP contribution is 2.15. The summed E-state index contributed by atoms with van der Waals surface area (Å²) in [6.07, 6.45) is 0. The molecule has 0 bridgehead atoms. The van der Waals surface area contributed by atoms with Gasteiger partial charge in [-0.2, -0.15) is 0 Å². The van der Waals surface area contributed by atoms with E-state index >= 15 is 0 Å². The maximum Gasteiger partial charge on any atom is 0.127 e. The highest BCUT2D eigenvalue weighted by atomic mass is 16.5. The Labute approximate surface area is 70.4 Å². The van der Waals surface area contributed by atoms with Crippen LogP contribution in [0.15, 0.2) is 24.3 Å². The molecule has 0 atom stereocenters. The topological polar surface area (TPSA) is 85.9 Å². The second-order valence-electron chi connectivity index (χ2n) is 1.99. The number of rotatable bonds is 2. The first-order valence-electron chi connectivity index (χ1n) is 3.10. The Balaban J connectivity index is 0.00000121. The average molecular weight is 169 g/mol. The summed E-state index contributed by atoms with van der Waals surface area (Å²) in [6.45, 7) is 0. The third-order valence-electron chi connectivity index (χ3n) is 1.33. The fourth-order valence-corrected chi connectivity index (χ4v) is 0.813. The van der Waals surface area contributed by atoms with Crippen molar-refractivity contribution in [1.82, 2.24) is 6.15 Å². The summed E-state index contributed by atoms with van der Waals surface area (Å²) in [7, 11) is 1.42. The summed E-state index contributed by atoms with van der Waals surface area (Å²) in [6, 6.07) is 6.33. The Morgan fingerprint density at radius 3 is 2.42 bits per heavy atom. The number of hydrogen-bond donors (Lipinski definition) is 1. The molecule has 1 rings (SSSR count). The molecule has 0 aromatic heterocycles. The quantitative estimate of drug-likeness (QED) is 0.696.